The van der Waals surface area contributed by atoms with Crippen molar-refractivity contribution in [2.45, 2.75) is 13.0 Å². The van der Waals surface area contributed by atoms with E-state index in [1.54, 1.807) is 12.1 Å². The Hall–Kier alpha value is -1.55. The third-order valence-corrected chi connectivity index (χ3v) is 3.78. The number of sulfonamides is 1. The van der Waals surface area contributed by atoms with E-state index < -0.39 is 10.0 Å². The first-order valence-corrected chi connectivity index (χ1v) is 8.94. The van der Waals surface area contributed by atoms with Crippen LogP contribution >= 0.6 is 0 Å². The first-order chi connectivity index (χ1) is 10.2. The second-order valence-electron chi connectivity index (χ2n) is 5.62. The van der Waals surface area contributed by atoms with Crippen molar-refractivity contribution >= 4 is 15.7 Å². The van der Waals surface area contributed by atoms with Crippen LogP contribution in [0, 0.1) is 11.8 Å². The van der Waals surface area contributed by atoms with E-state index in [-0.39, 0.29) is 6.04 Å². The van der Waals surface area contributed by atoms with Gasteiger partial charge in [-0.3, -0.25) is 9.62 Å². The molecule has 6 heteroatoms. The molecule has 0 aliphatic heterocycles. The zero-order valence-corrected chi connectivity index (χ0v) is 14.7. The Labute approximate surface area is 134 Å². The summed E-state index contributed by atoms with van der Waals surface area (Å²) in [5, 5.41) is 0. The van der Waals surface area contributed by atoms with Crippen molar-refractivity contribution in [2.24, 2.45) is 0 Å². The van der Waals surface area contributed by atoms with Crippen LogP contribution in [0.4, 0.5) is 5.69 Å². The van der Waals surface area contributed by atoms with Gasteiger partial charge < -0.3 is 4.90 Å². The standard InChI is InChI=1S/C16H25N3O2S/c1-6-7-12-19(4)16(13-18(2)3)14-8-10-15(11-9-14)17-22(5,20)21/h8-11,16-17H,12-13H2,1-5H3. The minimum atomic E-state index is -3.24. The Bertz CT molecular complexity index is 628. The maximum Gasteiger partial charge on any atom is 0.229 e. The normalized spacial score (nSPS) is 12.9. The monoisotopic (exact) mass is 323 g/mol. The molecule has 1 atom stereocenters. The Balaban J connectivity index is 2.96. The topological polar surface area (TPSA) is 52.6 Å². The minimum Gasteiger partial charge on any atom is -0.307 e. The van der Waals surface area contributed by atoms with Gasteiger partial charge in [-0.25, -0.2) is 8.42 Å². The highest BCUT2D eigenvalue weighted by Crippen LogP contribution is 2.22. The summed E-state index contributed by atoms with van der Waals surface area (Å²) in [6.07, 6.45) is 1.15. The van der Waals surface area contributed by atoms with E-state index in [1.165, 1.54) is 0 Å². The predicted molar refractivity (Wildman–Crippen MR) is 92.3 cm³/mol. The number of likely N-dealkylation sites (N-methyl/N-ethyl adjacent to an activating group) is 2. The van der Waals surface area contributed by atoms with Crippen LogP contribution in [0.1, 0.15) is 18.5 Å². The van der Waals surface area contributed by atoms with Crippen LogP contribution < -0.4 is 4.72 Å². The molecule has 0 amide bonds. The van der Waals surface area contributed by atoms with Crippen LogP contribution in [0.5, 0.6) is 0 Å². The van der Waals surface area contributed by atoms with E-state index in [0.717, 1.165) is 18.4 Å². The van der Waals surface area contributed by atoms with Crippen LogP contribution in [0.25, 0.3) is 0 Å². The second-order valence-corrected chi connectivity index (χ2v) is 7.36. The van der Waals surface area contributed by atoms with E-state index >= 15 is 0 Å². The van der Waals surface area contributed by atoms with Gasteiger partial charge in [0.2, 0.25) is 10.0 Å². The molecule has 0 bridgehead atoms. The van der Waals surface area contributed by atoms with Crippen LogP contribution in [-0.4, -0.2) is 58.7 Å². The van der Waals surface area contributed by atoms with Crippen molar-refractivity contribution in [3.8, 4) is 11.8 Å². The van der Waals surface area contributed by atoms with E-state index in [0.29, 0.717) is 12.2 Å². The number of hydrogen-bond acceptors (Lipinski definition) is 4. The summed E-state index contributed by atoms with van der Waals surface area (Å²) in [5.41, 5.74) is 1.71. The summed E-state index contributed by atoms with van der Waals surface area (Å²) < 4.78 is 25.0. The van der Waals surface area contributed by atoms with Crippen LogP contribution in [0.3, 0.4) is 0 Å². The Morgan fingerprint density at radius 1 is 1.18 bits per heavy atom. The van der Waals surface area contributed by atoms with Gasteiger partial charge in [0.15, 0.2) is 0 Å². The number of nitrogens with one attached hydrogen (secondary N) is 1. The van der Waals surface area contributed by atoms with E-state index in [1.807, 2.05) is 40.2 Å². The fourth-order valence-corrected chi connectivity index (χ4v) is 2.71. The van der Waals surface area contributed by atoms with Crippen LogP contribution in [0.2, 0.25) is 0 Å². The minimum absolute atomic E-state index is 0.197. The lowest BCUT2D eigenvalue weighted by Crippen LogP contribution is -2.33. The predicted octanol–water partition coefficient (Wildman–Crippen LogP) is 1.62. The van der Waals surface area contributed by atoms with Crippen molar-refractivity contribution in [3.05, 3.63) is 29.8 Å². The van der Waals surface area contributed by atoms with Gasteiger partial charge in [0, 0.05) is 18.3 Å². The summed E-state index contributed by atoms with van der Waals surface area (Å²) in [7, 11) is 2.87. The summed E-state index contributed by atoms with van der Waals surface area (Å²) in [4.78, 5) is 4.32. The molecule has 1 N–H and O–H groups in total. The molecule has 0 saturated heterocycles. The molecule has 1 aromatic carbocycles. The largest absolute Gasteiger partial charge is 0.307 e. The van der Waals surface area contributed by atoms with Crippen molar-refractivity contribution in [1.82, 2.24) is 9.80 Å². The molecule has 122 valence electrons. The van der Waals surface area contributed by atoms with E-state index in [2.05, 4.69) is 26.4 Å². The number of hydrogen-bond donors (Lipinski definition) is 1. The molecule has 0 aliphatic carbocycles. The number of benzene rings is 1. The molecular weight excluding hydrogens is 298 g/mol. The van der Waals surface area contributed by atoms with Gasteiger partial charge >= 0.3 is 0 Å². The molecule has 1 unspecified atom stereocenters. The molecule has 0 spiro atoms. The molecule has 5 nitrogen and oxygen atoms in total. The molecular formula is C16H25N3O2S. The maximum atomic E-state index is 11.3. The van der Waals surface area contributed by atoms with Gasteiger partial charge in [-0.05, 0) is 45.8 Å². The molecule has 22 heavy (non-hydrogen) atoms. The van der Waals surface area contributed by atoms with Crippen molar-refractivity contribution < 1.29 is 8.42 Å². The average Bonchev–Trinajstić information content (AvgIpc) is 2.41. The number of nitrogens with zero attached hydrogens (tertiary/aromatic N) is 2. The first kappa shape index (κ1) is 18.5. The summed E-state index contributed by atoms with van der Waals surface area (Å²) in [6.45, 7) is 3.39. The molecule has 0 heterocycles. The fourth-order valence-electron chi connectivity index (χ4n) is 2.15. The highest BCUT2D eigenvalue weighted by Gasteiger charge is 2.17. The number of anilines is 1. The lowest BCUT2D eigenvalue weighted by atomic mass is 10.0. The van der Waals surface area contributed by atoms with E-state index in [9.17, 15) is 8.42 Å². The lowest BCUT2D eigenvalue weighted by Gasteiger charge is -2.29. The SMILES string of the molecule is CC#CCN(C)C(CN(C)C)c1ccc(NS(C)(=O)=O)cc1. The Kier molecular flexibility index (Phi) is 6.88. The zero-order chi connectivity index (χ0) is 16.8. The summed E-state index contributed by atoms with van der Waals surface area (Å²) in [6, 6.07) is 7.69. The number of rotatable bonds is 7. The van der Waals surface area contributed by atoms with Crippen molar-refractivity contribution in [1.29, 1.82) is 0 Å². The van der Waals surface area contributed by atoms with Crippen LogP contribution in [0.15, 0.2) is 24.3 Å². The molecule has 0 saturated carbocycles. The Morgan fingerprint density at radius 3 is 2.23 bits per heavy atom. The highest BCUT2D eigenvalue weighted by molar-refractivity contribution is 7.92. The highest BCUT2D eigenvalue weighted by atomic mass is 32.2. The van der Waals surface area contributed by atoms with Crippen molar-refractivity contribution in [2.75, 3.05) is 45.2 Å². The maximum absolute atomic E-state index is 11.3. The third kappa shape index (κ3) is 6.48. The molecule has 1 rings (SSSR count). The molecule has 0 aromatic heterocycles. The third-order valence-electron chi connectivity index (χ3n) is 3.17. The molecule has 0 aliphatic rings. The summed E-state index contributed by atoms with van der Waals surface area (Å²) in [5.74, 6) is 5.99. The Morgan fingerprint density at radius 2 is 1.77 bits per heavy atom. The molecule has 0 fully saturated rings. The smallest absolute Gasteiger partial charge is 0.229 e. The van der Waals surface area contributed by atoms with Gasteiger partial charge in [-0.2, -0.15) is 0 Å². The van der Waals surface area contributed by atoms with E-state index in [4.69, 9.17) is 0 Å². The van der Waals surface area contributed by atoms with Gasteiger partial charge in [0.05, 0.1) is 12.8 Å². The quantitative estimate of drug-likeness (QED) is 0.775. The van der Waals surface area contributed by atoms with Gasteiger partial charge in [0.25, 0.3) is 0 Å². The molecule has 1 aromatic rings. The van der Waals surface area contributed by atoms with Gasteiger partial charge in [-0.15, -0.1) is 5.92 Å². The zero-order valence-electron chi connectivity index (χ0n) is 13.9. The van der Waals surface area contributed by atoms with Crippen LogP contribution in [-0.2, 0) is 10.0 Å². The van der Waals surface area contributed by atoms with Gasteiger partial charge in [-0.1, -0.05) is 18.1 Å². The average molecular weight is 323 g/mol. The second kappa shape index (κ2) is 8.18. The van der Waals surface area contributed by atoms with Crippen molar-refractivity contribution in [3.63, 3.8) is 0 Å². The molecule has 0 radical (unpaired) electrons. The van der Waals surface area contributed by atoms with Gasteiger partial charge in [0.1, 0.15) is 0 Å². The summed E-state index contributed by atoms with van der Waals surface area (Å²) >= 11 is 0. The lowest BCUT2D eigenvalue weighted by molar-refractivity contribution is 0.216. The first-order valence-electron chi connectivity index (χ1n) is 7.05. The fraction of sp³-hybridized carbons (Fsp3) is 0.500.